The van der Waals surface area contributed by atoms with Crippen molar-refractivity contribution in [1.82, 2.24) is 14.5 Å². The van der Waals surface area contributed by atoms with Crippen LogP contribution < -0.4 is 22.3 Å². The van der Waals surface area contributed by atoms with E-state index in [2.05, 4.69) is 5.32 Å². The molecular weight excluding hydrogens is 248 g/mol. The van der Waals surface area contributed by atoms with Gasteiger partial charge in [0.1, 0.15) is 5.69 Å². The normalized spacial score (nSPS) is 10.4. The van der Waals surface area contributed by atoms with Crippen LogP contribution >= 0.6 is 0 Å². The maximum atomic E-state index is 12.0. The average Bonchev–Trinajstić information content (AvgIpc) is 2.39. The van der Waals surface area contributed by atoms with Crippen LogP contribution in [-0.2, 0) is 17.9 Å². The highest BCUT2D eigenvalue weighted by atomic mass is 16.2. The van der Waals surface area contributed by atoms with E-state index in [0.717, 1.165) is 11.0 Å². The third-order valence-corrected chi connectivity index (χ3v) is 2.79. The minimum Gasteiger partial charge on any atom is -0.393 e. The number of carbonyl (C=O) groups is 1. The molecule has 1 aromatic rings. The fraction of sp³-hybridized carbons (Fsp3) is 0.583. The van der Waals surface area contributed by atoms with Gasteiger partial charge in [-0.1, -0.05) is 6.92 Å². The molecule has 0 saturated carbocycles. The fourth-order valence-corrected chi connectivity index (χ4v) is 1.80. The number of anilines is 1. The molecule has 1 rings (SSSR count). The van der Waals surface area contributed by atoms with Gasteiger partial charge in [-0.25, -0.2) is 4.79 Å². The molecule has 7 heteroatoms. The molecule has 19 heavy (non-hydrogen) atoms. The van der Waals surface area contributed by atoms with Crippen LogP contribution in [0.2, 0.25) is 0 Å². The summed E-state index contributed by atoms with van der Waals surface area (Å²) >= 11 is 0. The van der Waals surface area contributed by atoms with E-state index in [9.17, 15) is 14.4 Å². The summed E-state index contributed by atoms with van der Waals surface area (Å²) in [6.07, 6.45) is 2.84. The Morgan fingerprint density at radius 2 is 2.05 bits per heavy atom. The zero-order chi connectivity index (χ0) is 14.4. The third-order valence-electron chi connectivity index (χ3n) is 2.79. The summed E-state index contributed by atoms with van der Waals surface area (Å²) in [6, 6.07) is 0. The maximum Gasteiger partial charge on any atom is 0.331 e. The standard InChI is InChI=1S/C12H20N4O3/c1-3-6-15-8-9(13)11(18)16(12(15)19)7-4-5-10(17)14-2/h8H,3-7,13H2,1-2H3,(H,14,17). The Balaban J connectivity index is 2.96. The molecule has 1 aromatic heterocycles. The summed E-state index contributed by atoms with van der Waals surface area (Å²) in [5.41, 5.74) is 4.79. The van der Waals surface area contributed by atoms with Crippen molar-refractivity contribution in [2.24, 2.45) is 0 Å². The molecule has 7 nitrogen and oxygen atoms in total. The number of nitrogens with two attached hydrogens (primary N) is 1. The number of rotatable bonds is 6. The van der Waals surface area contributed by atoms with Gasteiger partial charge in [-0.2, -0.15) is 0 Å². The number of nitrogens with zero attached hydrogens (tertiary/aromatic N) is 2. The van der Waals surface area contributed by atoms with Crippen LogP contribution in [0.15, 0.2) is 15.8 Å². The van der Waals surface area contributed by atoms with Crippen molar-refractivity contribution in [1.29, 1.82) is 0 Å². The lowest BCUT2D eigenvalue weighted by molar-refractivity contribution is -0.120. The van der Waals surface area contributed by atoms with Crippen LogP contribution in [0.5, 0.6) is 0 Å². The van der Waals surface area contributed by atoms with Crippen molar-refractivity contribution >= 4 is 11.6 Å². The molecule has 0 fully saturated rings. The van der Waals surface area contributed by atoms with Crippen molar-refractivity contribution in [2.45, 2.75) is 39.3 Å². The highest BCUT2D eigenvalue weighted by Crippen LogP contribution is 1.95. The fourth-order valence-electron chi connectivity index (χ4n) is 1.80. The SMILES string of the molecule is CCCn1cc(N)c(=O)n(CCCC(=O)NC)c1=O. The minimum absolute atomic E-state index is 0.0491. The number of aromatic nitrogens is 2. The second kappa shape index (κ2) is 6.77. The number of nitrogen functional groups attached to an aromatic ring is 1. The Kier molecular flexibility index (Phi) is 5.35. The first-order chi connectivity index (χ1) is 9.01. The van der Waals surface area contributed by atoms with Gasteiger partial charge in [-0.15, -0.1) is 0 Å². The Labute approximate surface area is 111 Å². The van der Waals surface area contributed by atoms with Gasteiger partial charge in [0.25, 0.3) is 5.56 Å². The quantitative estimate of drug-likeness (QED) is 0.728. The lowest BCUT2D eigenvalue weighted by Gasteiger charge is -2.10. The highest BCUT2D eigenvalue weighted by Gasteiger charge is 2.09. The van der Waals surface area contributed by atoms with E-state index < -0.39 is 5.56 Å². The molecule has 3 N–H and O–H groups in total. The number of hydrogen-bond acceptors (Lipinski definition) is 4. The van der Waals surface area contributed by atoms with E-state index in [4.69, 9.17) is 5.73 Å². The van der Waals surface area contributed by atoms with Crippen molar-refractivity contribution in [2.75, 3.05) is 12.8 Å². The second-order valence-corrected chi connectivity index (χ2v) is 4.29. The number of nitrogens with one attached hydrogen (secondary N) is 1. The average molecular weight is 268 g/mol. The van der Waals surface area contributed by atoms with Crippen LogP contribution in [0.25, 0.3) is 0 Å². The van der Waals surface area contributed by atoms with Gasteiger partial charge in [0.15, 0.2) is 0 Å². The highest BCUT2D eigenvalue weighted by molar-refractivity contribution is 5.75. The Bertz CT molecular complexity index is 559. The van der Waals surface area contributed by atoms with E-state index in [0.29, 0.717) is 13.0 Å². The molecule has 0 aromatic carbocycles. The largest absolute Gasteiger partial charge is 0.393 e. The van der Waals surface area contributed by atoms with Crippen LogP contribution in [0.4, 0.5) is 5.69 Å². The zero-order valence-corrected chi connectivity index (χ0v) is 11.3. The molecule has 0 unspecified atom stereocenters. The topological polar surface area (TPSA) is 99.1 Å². The number of carbonyl (C=O) groups excluding carboxylic acids is 1. The predicted molar refractivity (Wildman–Crippen MR) is 73.0 cm³/mol. The summed E-state index contributed by atoms with van der Waals surface area (Å²) in [5, 5.41) is 2.49. The molecule has 106 valence electrons. The van der Waals surface area contributed by atoms with Crippen LogP contribution in [0.1, 0.15) is 26.2 Å². The van der Waals surface area contributed by atoms with Crippen LogP contribution in [0.3, 0.4) is 0 Å². The van der Waals surface area contributed by atoms with Gasteiger partial charge < -0.3 is 11.1 Å². The summed E-state index contributed by atoms with van der Waals surface area (Å²) in [6.45, 7) is 2.64. The van der Waals surface area contributed by atoms with Gasteiger partial charge >= 0.3 is 5.69 Å². The van der Waals surface area contributed by atoms with E-state index in [1.807, 2.05) is 6.92 Å². The summed E-state index contributed by atoms with van der Waals surface area (Å²) < 4.78 is 2.52. The molecular formula is C12H20N4O3. The summed E-state index contributed by atoms with van der Waals surface area (Å²) in [5.74, 6) is -0.120. The van der Waals surface area contributed by atoms with Gasteiger partial charge in [-0.3, -0.25) is 18.7 Å². The predicted octanol–water partition coefficient (Wildman–Crippen LogP) is -0.472. The lowest BCUT2D eigenvalue weighted by atomic mass is 10.3. The first-order valence-electron chi connectivity index (χ1n) is 6.31. The number of aryl methyl sites for hydroxylation is 1. The van der Waals surface area contributed by atoms with Crippen molar-refractivity contribution < 1.29 is 4.79 Å². The van der Waals surface area contributed by atoms with E-state index in [1.54, 1.807) is 7.05 Å². The van der Waals surface area contributed by atoms with Crippen molar-refractivity contribution in [3.8, 4) is 0 Å². The summed E-state index contributed by atoms with van der Waals surface area (Å²) in [4.78, 5) is 35.0. The maximum absolute atomic E-state index is 12.0. The number of amides is 1. The third kappa shape index (κ3) is 3.70. The molecule has 0 aliphatic heterocycles. The van der Waals surface area contributed by atoms with Gasteiger partial charge in [0, 0.05) is 32.8 Å². The molecule has 0 aliphatic rings. The zero-order valence-electron chi connectivity index (χ0n) is 11.3. The van der Waals surface area contributed by atoms with E-state index in [1.165, 1.54) is 10.8 Å². The molecule has 0 bridgehead atoms. The molecule has 1 amide bonds. The molecule has 0 spiro atoms. The number of hydrogen-bond donors (Lipinski definition) is 2. The van der Waals surface area contributed by atoms with Crippen LogP contribution in [-0.4, -0.2) is 22.1 Å². The Morgan fingerprint density at radius 3 is 2.63 bits per heavy atom. The molecule has 0 saturated heterocycles. The Hall–Kier alpha value is -2.05. The van der Waals surface area contributed by atoms with Gasteiger partial charge in [0.2, 0.25) is 5.91 Å². The smallest absolute Gasteiger partial charge is 0.331 e. The first kappa shape index (κ1) is 15.0. The summed E-state index contributed by atoms with van der Waals surface area (Å²) in [7, 11) is 1.54. The lowest BCUT2D eigenvalue weighted by Crippen LogP contribution is -2.40. The van der Waals surface area contributed by atoms with Crippen molar-refractivity contribution in [3.63, 3.8) is 0 Å². The minimum atomic E-state index is -0.491. The molecule has 0 atom stereocenters. The van der Waals surface area contributed by atoms with E-state index in [-0.39, 0.29) is 30.2 Å². The van der Waals surface area contributed by atoms with Crippen molar-refractivity contribution in [3.05, 3.63) is 27.0 Å². The van der Waals surface area contributed by atoms with Crippen LogP contribution in [0, 0.1) is 0 Å². The first-order valence-corrected chi connectivity index (χ1v) is 6.31. The van der Waals surface area contributed by atoms with Gasteiger partial charge in [-0.05, 0) is 12.8 Å². The monoisotopic (exact) mass is 268 g/mol. The molecule has 1 heterocycles. The van der Waals surface area contributed by atoms with E-state index >= 15 is 0 Å². The van der Waals surface area contributed by atoms with Gasteiger partial charge in [0.05, 0.1) is 0 Å². The molecule has 0 aliphatic carbocycles. The molecule has 0 radical (unpaired) electrons. The Morgan fingerprint density at radius 1 is 1.37 bits per heavy atom. The second-order valence-electron chi connectivity index (χ2n) is 4.29.